The van der Waals surface area contributed by atoms with Crippen LogP contribution in [0.15, 0.2) is 35.3 Å². The lowest BCUT2D eigenvalue weighted by atomic mass is 10.1. The molecule has 0 fully saturated rings. The van der Waals surface area contributed by atoms with E-state index < -0.39 is 0 Å². The largest absolute Gasteiger partial charge is 0.357 e. The maximum atomic E-state index is 4.73. The van der Waals surface area contributed by atoms with Crippen LogP contribution in [0.1, 0.15) is 52.5 Å². The third-order valence-corrected chi connectivity index (χ3v) is 4.47. The van der Waals surface area contributed by atoms with Gasteiger partial charge < -0.3 is 15.5 Å². The van der Waals surface area contributed by atoms with Gasteiger partial charge >= 0.3 is 0 Å². The van der Waals surface area contributed by atoms with Crippen molar-refractivity contribution < 1.29 is 0 Å². The number of aryl methyl sites for hydroxylation is 1. The summed E-state index contributed by atoms with van der Waals surface area (Å²) < 4.78 is 0. The fourth-order valence-corrected chi connectivity index (χ4v) is 2.91. The van der Waals surface area contributed by atoms with Crippen molar-refractivity contribution in [3.05, 3.63) is 35.9 Å². The van der Waals surface area contributed by atoms with Crippen molar-refractivity contribution in [2.75, 3.05) is 32.7 Å². The molecule has 0 saturated carbocycles. The lowest BCUT2D eigenvalue weighted by Gasteiger charge is -2.21. The van der Waals surface area contributed by atoms with Crippen molar-refractivity contribution in [1.29, 1.82) is 0 Å². The second-order valence-electron chi connectivity index (χ2n) is 6.56. The van der Waals surface area contributed by atoms with Gasteiger partial charge in [-0.15, -0.1) is 24.0 Å². The Balaban J connectivity index is 0.00000625. The van der Waals surface area contributed by atoms with Crippen molar-refractivity contribution in [2.24, 2.45) is 4.99 Å². The highest BCUT2D eigenvalue weighted by Gasteiger charge is 2.06. The zero-order chi connectivity index (χ0) is 18.3. The minimum Gasteiger partial charge on any atom is -0.357 e. The first-order valence-electron chi connectivity index (χ1n) is 10.0. The SMILES string of the molecule is CCNC(=NCCCc1ccccc1)NC(C)CCCN(CC)CC.I. The lowest BCUT2D eigenvalue weighted by molar-refractivity contribution is 0.292. The Morgan fingerprint density at radius 3 is 2.38 bits per heavy atom. The van der Waals surface area contributed by atoms with E-state index >= 15 is 0 Å². The molecule has 0 aliphatic rings. The molecule has 0 bridgehead atoms. The highest BCUT2D eigenvalue weighted by molar-refractivity contribution is 14.0. The minimum atomic E-state index is 0. The van der Waals surface area contributed by atoms with Gasteiger partial charge in [0.2, 0.25) is 0 Å². The first-order chi connectivity index (χ1) is 12.2. The van der Waals surface area contributed by atoms with Gasteiger partial charge in [-0.3, -0.25) is 4.99 Å². The van der Waals surface area contributed by atoms with Gasteiger partial charge in [-0.2, -0.15) is 0 Å². The molecule has 0 aliphatic heterocycles. The van der Waals surface area contributed by atoms with E-state index in [9.17, 15) is 0 Å². The van der Waals surface area contributed by atoms with Crippen LogP contribution < -0.4 is 10.6 Å². The van der Waals surface area contributed by atoms with Crippen LogP contribution in [0, 0.1) is 0 Å². The molecule has 0 amide bonds. The number of nitrogens with one attached hydrogen (secondary N) is 2. The first kappa shape index (κ1) is 25.2. The number of hydrogen-bond acceptors (Lipinski definition) is 2. The van der Waals surface area contributed by atoms with E-state index in [1.54, 1.807) is 0 Å². The van der Waals surface area contributed by atoms with Gasteiger partial charge in [0.1, 0.15) is 0 Å². The van der Waals surface area contributed by atoms with E-state index in [1.807, 2.05) is 0 Å². The normalized spacial score (nSPS) is 12.6. The number of guanidine groups is 1. The molecule has 26 heavy (non-hydrogen) atoms. The molecule has 0 spiro atoms. The molecule has 1 aromatic carbocycles. The van der Waals surface area contributed by atoms with E-state index in [2.05, 4.69) is 73.6 Å². The van der Waals surface area contributed by atoms with Gasteiger partial charge in [-0.25, -0.2) is 0 Å². The fraction of sp³-hybridized carbons (Fsp3) is 0.667. The van der Waals surface area contributed by atoms with Gasteiger partial charge in [0.05, 0.1) is 0 Å². The van der Waals surface area contributed by atoms with Crippen LogP contribution in [0.3, 0.4) is 0 Å². The van der Waals surface area contributed by atoms with Crippen LogP contribution in [-0.4, -0.2) is 49.6 Å². The molecule has 1 atom stereocenters. The standard InChI is InChI=1S/C21H38N4.HI/c1-5-22-21(23-17-11-16-20-14-9-8-10-15-20)24-19(4)13-12-18-25(6-2)7-3;/h8-10,14-15,19H,5-7,11-13,16-18H2,1-4H3,(H2,22,23,24);1H. The van der Waals surface area contributed by atoms with E-state index in [4.69, 9.17) is 4.99 Å². The number of aliphatic imine (C=N–C) groups is 1. The summed E-state index contributed by atoms with van der Waals surface area (Å²) in [7, 11) is 0. The fourth-order valence-electron chi connectivity index (χ4n) is 2.91. The first-order valence-corrected chi connectivity index (χ1v) is 10.0. The predicted molar refractivity (Wildman–Crippen MR) is 126 cm³/mol. The summed E-state index contributed by atoms with van der Waals surface area (Å²) in [5.41, 5.74) is 1.39. The van der Waals surface area contributed by atoms with Crippen LogP contribution in [0.2, 0.25) is 0 Å². The molecule has 1 unspecified atom stereocenters. The van der Waals surface area contributed by atoms with Crippen molar-refractivity contribution in [3.8, 4) is 0 Å². The number of hydrogen-bond donors (Lipinski definition) is 2. The van der Waals surface area contributed by atoms with Crippen LogP contribution in [0.25, 0.3) is 0 Å². The second kappa shape index (κ2) is 16.4. The Morgan fingerprint density at radius 1 is 1.08 bits per heavy atom. The molecular weight excluding hydrogens is 435 g/mol. The summed E-state index contributed by atoms with van der Waals surface area (Å²) in [6, 6.07) is 11.1. The number of benzene rings is 1. The molecule has 0 aromatic heterocycles. The van der Waals surface area contributed by atoms with Gasteiger partial charge in [-0.1, -0.05) is 44.2 Å². The topological polar surface area (TPSA) is 39.7 Å². The summed E-state index contributed by atoms with van der Waals surface area (Å²) in [6.07, 6.45) is 4.56. The molecule has 5 heteroatoms. The van der Waals surface area contributed by atoms with Crippen LogP contribution in [0.4, 0.5) is 0 Å². The zero-order valence-corrected chi connectivity index (χ0v) is 19.5. The third kappa shape index (κ3) is 11.7. The molecule has 2 N–H and O–H groups in total. The van der Waals surface area contributed by atoms with Gasteiger partial charge in [0, 0.05) is 19.1 Å². The Hall–Kier alpha value is -0.820. The molecule has 1 aromatic rings. The summed E-state index contributed by atoms with van der Waals surface area (Å²) in [5, 5.41) is 6.91. The maximum Gasteiger partial charge on any atom is 0.191 e. The molecular formula is C21H39IN4. The van der Waals surface area contributed by atoms with Crippen LogP contribution in [0.5, 0.6) is 0 Å². The van der Waals surface area contributed by atoms with Crippen LogP contribution in [-0.2, 0) is 6.42 Å². The van der Waals surface area contributed by atoms with E-state index in [0.717, 1.165) is 45.0 Å². The quantitative estimate of drug-likeness (QED) is 0.205. The third-order valence-electron chi connectivity index (χ3n) is 4.47. The van der Waals surface area contributed by atoms with Crippen molar-refractivity contribution >= 4 is 29.9 Å². The Morgan fingerprint density at radius 2 is 1.77 bits per heavy atom. The Kier molecular flexibility index (Phi) is 15.8. The monoisotopic (exact) mass is 474 g/mol. The average molecular weight is 474 g/mol. The lowest BCUT2D eigenvalue weighted by Crippen LogP contribution is -2.42. The summed E-state index contributed by atoms with van der Waals surface area (Å²) in [5.74, 6) is 0.950. The van der Waals surface area contributed by atoms with E-state index in [0.29, 0.717) is 6.04 Å². The highest BCUT2D eigenvalue weighted by atomic mass is 127. The number of nitrogens with zero attached hydrogens (tertiary/aromatic N) is 2. The zero-order valence-electron chi connectivity index (χ0n) is 17.1. The van der Waals surface area contributed by atoms with Crippen molar-refractivity contribution in [2.45, 2.75) is 59.4 Å². The summed E-state index contributed by atoms with van der Waals surface area (Å²) in [4.78, 5) is 7.21. The second-order valence-corrected chi connectivity index (χ2v) is 6.56. The molecule has 0 saturated heterocycles. The van der Waals surface area contributed by atoms with Gasteiger partial charge in [0.25, 0.3) is 0 Å². The number of halogens is 1. The average Bonchev–Trinajstić information content (AvgIpc) is 2.63. The summed E-state index contributed by atoms with van der Waals surface area (Å²) >= 11 is 0. The van der Waals surface area contributed by atoms with Gasteiger partial charge in [0.15, 0.2) is 5.96 Å². The number of rotatable bonds is 12. The highest BCUT2D eigenvalue weighted by Crippen LogP contribution is 2.03. The van der Waals surface area contributed by atoms with Gasteiger partial charge in [-0.05, 0) is 64.7 Å². The Bertz CT molecular complexity index is 460. The van der Waals surface area contributed by atoms with E-state index in [1.165, 1.54) is 24.9 Å². The molecule has 0 radical (unpaired) electrons. The minimum absolute atomic E-state index is 0. The molecule has 0 heterocycles. The molecule has 150 valence electrons. The summed E-state index contributed by atoms with van der Waals surface area (Å²) in [6.45, 7) is 14.1. The Labute approximate surface area is 178 Å². The predicted octanol–water partition coefficient (Wildman–Crippen LogP) is 4.30. The van der Waals surface area contributed by atoms with Crippen molar-refractivity contribution in [1.82, 2.24) is 15.5 Å². The molecule has 0 aliphatic carbocycles. The van der Waals surface area contributed by atoms with Crippen molar-refractivity contribution in [3.63, 3.8) is 0 Å². The molecule has 4 nitrogen and oxygen atoms in total. The smallest absolute Gasteiger partial charge is 0.191 e. The van der Waals surface area contributed by atoms with E-state index in [-0.39, 0.29) is 24.0 Å². The van der Waals surface area contributed by atoms with Crippen LogP contribution >= 0.6 is 24.0 Å². The maximum absolute atomic E-state index is 4.73. The molecule has 1 rings (SSSR count).